The molecule has 2 saturated heterocycles. The highest BCUT2D eigenvalue weighted by Crippen LogP contribution is 2.36. The van der Waals surface area contributed by atoms with Crippen LogP contribution in [0, 0.1) is 0 Å². The third-order valence-corrected chi connectivity index (χ3v) is 5.01. The predicted octanol–water partition coefficient (Wildman–Crippen LogP) is 1.93. The number of nitrogens with zero attached hydrogens (tertiary/aromatic N) is 1. The molecule has 3 unspecified atom stereocenters. The maximum absolute atomic E-state index is 12.4. The molecule has 2 heterocycles. The van der Waals surface area contributed by atoms with E-state index in [-0.39, 0.29) is 18.7 Å². The average molecular weight is 289 g/mol. The van der Waals surface area contributed by atoms with Crippen molar-refractivity contribution in [3.8, 4) is 0 Å². The third kappa shape index (κ3) is 2.97. The number of carbonyl (C=O) groups excluding carboxylic acids is 1. The summed E-state index contributed by atoms with van der Waals surface area (Å²) < 4.78 is 5.70. The number of esters is 1. The molecule has 2 aliphatic heterocycles. The van der Waals surface area contributed by atoms with E-state index < -0.39 is 5.92 Å². The van der Waals surface area contributed by atoms with E-state index in [4.69, 9.17) is 4.74 Å². The van der Waals surface area contributed by atoms with E-state index in [1.165, 1.54) is 12.8 Å². The van der Waals surface area contributed by atoms with Gasteiger partial charge in [0.05, 0.1) is 6.61 Å². The van der Waals surface area contributed by atoms with Gasteiger partial charge in [0, 0.05) is 12.1 Å². The van der Waals surface area contributed by atoms with Crippen LogP contribution in [0.2, 0.25) is 0 Å². The Bertz CT molecular complexity index is 476. The van der Waals surface area contributed by atoms with Crippen molar-refractivity contribution in [3.05, 3.63) is 35.9 Å². The van der Waals surface area contributed by atoms with Crippen molar-refractivity contribution >= 4 is 5.97 Å². The number of benzene rings is 1. The second-order valence-corrected chi connectivity index (χ2v) is 6.23. The summed E-state index contributed by atoms with van der Waals surface area (Å²) in [5.41, 5.74) is 0.820. The number of fused-ring (bicyclic) bond motifs is 2. The van der Waals surface area contributed by atoms with Crippen molar-refractivity contribution in [2.24, 2.45) is 0 Å². The first kappa shape index (κ1) is 14.5. The molecule has 1 aromatic carbocycles. The van der Waals surface area contributed by atoms with E-state index in [2.05, 4.69) is 11.9 Å². The van der Waals surface area contributed by atoms with Crippen LogP contribution in [0.1, 0.15) is 37.2 Å². The molecular formula is C17H23NO3. The minimum absolute atomic E-state index is 0.00367. The Morgan fingerprint density at radius 3 is 2.48 bits per heavy atom. The number of carbonyl (C=O) groups is 1. The molecule has 0 saturated carbocycles. The van der Waals surface area contributed by atoms with Gasteiger partial charge in [-0.15, -0.1) is 0 Å². The number of aliphatic hydroxyl groups is 1. The molecule has 0 radical (unpaired) electrons. The van der Waals surface area contributed by atoms with Gasteiger partial charge in [-0.3, -0.25) is 4.79 Å². The second-order valence-electron chi connectivity index (χ2n) is 6.23. The number of rotatable bonds is 4. The van der Waals surface area contributed by atoms with Crippen molar-refractivity contribution < 1.29 is 14.6 Å². The van der Waals surface area contributed by atoms with E-state index >= 15 is 0 Å². The Balaban J connectivity index is 1.63. The van der Waals surface area contributed by atoms with Crippen molar-refractivity contribution in [1.29, 1.82) is 0 Å². The Morgan fingerprint density at radius 1 is 1.29 bits per heavy atom. The Morgan fingerprint density at radius 2 is 1.90 bits per heavy atom. The van der Waals surface area contributed by atoms with Gasteiger partial charge in [0.25, 0.3) is 0 Å². The maximum atomic E-state index is 12.4. The summed E-state index contributed by atoms with van der Waals surface area (Å²) in [5, 5.41) is 9.53. The molecule has 1 N–H and O–H groups in total. The van der Waals surface area contributed by atoms with E-state index in [1.54, 1.807) is 0 Å². The minimum atomic E-state index is -0.566. The predicted molar refractivity (Wildman–Crippen MR) is 80.0 cm³/mol. The zero-order valence-corrected chi connectivity index (χ0v) is 12.4. The lowest BCUT2D eigenvalue weighted by Gasteiger charge is -2.36. The van der Waals surface area contributed by atoms with Crippen LogP contribution in [0.3, 0.4) is 0 Å². The van der Waals surface area contributed by atoms with Crippen LogP contribution in [-0.2, 0) is 9.53 Å². The molecule has 2 bridgehead atoms. The molecule has 0 aliphatic carbocycles. The smallest absolute Gasteiger partial charge is 0.316 e. The number of aliphatic hydroxyl groups excluding tert-OH is 1. The molecule has 114 valence electrons. The first-order chi connectivity index (χ1) is 10.2. The van der Waals surface area contributed by atoms with Crippen LogP contribution in [0.15, 0.2) is 30.3 Å². The Hall–Kier alpha value is -1.39. The highest BCUT2D eigenvalue weighted by atomic mass is 16.5. The minimum Gasteiger partial charge on any atom is -0.462 e. The van der Waals surface area contributed by atoms with Gasteiger partial charge in [0.15, 0.2) is 0 Å². The van der Waals surface area contributed by atoms with Gasteiger partial charge >= 0.3 is 5.97 Å². The number of hydrogen-bond acceptors (Lipinski definition) is 4. The van der Waals surface area contributed by atoms with Crippen LogP contribution in [0.5, 0.6) is 0 Å². The highest BCUT2D eigenvalue weighted by molar-refractivity contribution is 5.78. The van der Waals surface area contributed by atoms with E-state index in [1.807, 2.05) is 30.3 Å². The monoisotopic (exact) mass is 289 g/mol. The number of ether oxygens (including phenoxy) is 1. The number of hydrogen-bond donors (Lipinski definition) is 1. The fourth-order valence-electron chi connectivity index (χ4n) is 3.71. The van der Waals surface area contributed by atoms with E-state index in [9.17, 15) is 9.90 Å². The van der Waals surface area contributed by atoms with E-state index in [0.717, 1.165) is 18.4 Å². The summed E-state index contributed by atoms with van der Waals surface area (Å²) in [6.07, 6.45) is 4.26. The summed E-state index contributed by atoms with van der Waals surface area (Å²) in [7, 11) is 2.17. The maximum Gasteiger partial charge on any atom is 0.316 e. The first-order valence-corrected chi connectivity index (χ1v) is 7.77. The lowest BCUT2D eigenvalue weighted by molar-refractivity contribution is -0.155. The average Bonchev–Trinajstić information content (AvgIpc) is 2.72. The van der Waals surface area contributed by atoms with Gasteiger partial charge in [-0.05, 0) is 38.3 Å². The van der Waals surface area contributed by atoms with Gasteiger partial charge in [-0.1, -0.05) is 30.3 Å². The summed E-state index contributed by atoms with van der Waals surface area (Å²) >= 11 is 0. The molecule has 0 spiro atoms. The fourth-order valence-corrected chi connectivity index (χ4v) is 3.71. The zero-order chi connectivity index (χ0) is 14.8. The largest absolute Gasteiger partial charge is 0.462 e. The highest BCUT2D eigenvalue weighted by Gasteiger charge is 2.40. The van der Waals surface area contributed by atoms with Crippen LogP contribution >= 0.6 is 0 Å². The molecule has 21 heavy (non-hydrogen) atoms. The topological polar surface area (TPSA) is 49.8 Å². The lowest BCUT2D eigenvalue weighted by atomic mass is 9.98. The van der Waals surface area contributed by atoms with Crippen molar-refractivity contribution in [2.75, 3.05) is 13.7 Å². The third-order valence-electron chi connectivity index (χ3n) is 5.01. The molecular weight excluding hydrogens is 266 g/mol. The van der Waals surface area contributed by atoms with Gasteiger partial charge in [0.1, 0.15) is 12.0 Å². The lowest BCUT2D eigenvalue weighted by Crippen LogP contribution is -2.43. The van der Waals surface area contributed by atoms with Crippen LogP contribution in [0.25, 0.3) is 0 Å². The van der Waals surface area contributed by atoms with Crippen molar-refractivity contribution in [1.82, 2.24) is 4.90 Å². The quantitative estimate of drug-likeness (QED) is 0.861. The molecule has 4 nitrogen and oxygen atoms in total. The summed E-state index contributed by atoms with van der Waals surface area (Å²) in [6.45, 7) is -0.206. The molecule has 4 heteroatoms. The van der Waals surface area contributed by atoms with Gasteiger partial charge in [-0.2, -0.15) is 0 Å². The standard InChI is InChI=1S/C17H23NO3/c1-18-13-7-8-14(18)10-15(9-13)21-17(20)16(11-19)12-5-3-2-4-6-12/h2-6,13-16,19H,7-11H2,1H3/t13-,14?,15?,16?/m1/s1. The molecule has 2 aliphatic rings. The Labute approximate surface area is 125 Å². The van der Waals surface area contributed by atoms with Gasteiger partial charge in [-0.25, -0.2) is 0 Å². The van der Waals surface area contributed by atoms with Crippen LogP contribution in [0.4, 0.5) is 0 Å². The molecule has 4 atom stereocenters. The molecule has 0 aromatic heterocycles. The van der Waals surface area contributed by atoms with Gasteiger partial charge < -0.3 is 14.7 Å². The molecule has 1 aromatic rings. The van der Waals surface area contributed by atoms with Crippen molar-refractivity contribution in [2.45, 2.75) is 49.8 Å². The summed E-state index contributed by atoms with van der Waals surface area (Å²) in [6, 6.07) is 10.5. The normalized spacial score (nSPS) is 30.1. The van der Waals surface area contributed by atoms with Crippen molar-refractivity contribution in [3.63, 3.8) is 0 Å². The fraction of sp³-hybridized carbons (Fsp3) is 0.588. The van der Waals surface area contributed by atoms with Crippen LogP contribution < -0.4 is 0 Å². The summed E-state index contributed by atoms with van der Waals surface area (Å²) in [5.74, 6) is -0.860. The molecule has 2 fully saturated rings. The first-order valence-electron chi connectivity index (χ1n) is 7.77. The molecule has 0 amide bonds. The van der Waals surface area contributed by atoms with Gasteiger partial charge in [0.2, 0.25) is 0 Å². The SMILES string of the molecule is CN1C2CC[C@@H]1CC(OC(=O)C(CO)c1ccccc1)C2. The molecule has 3 rings (SSSR count). The zero-order valence-electron chi connectivity index (χ0n) is 12.4. The van der Waals surface area contributed by atoms with E-state index in [0.29, 0.717) is 12.1 Å². The number of piperidine rings is 1. The Kier molecular flexibility index (Phi) is 4.27. The van der Waals surface area contributed by atoms with Crippen LogP contribution in [-0.4, -0.2) is 47.8 Å². The summed E-state index contributed by atoms with van der Waals surface area (Å²) in [4.78, 5) is 14.8. The second kappa shape index (κ2) is 6.16.